The van der Waals surface area contributed by atoms with Crippen molar-refractivity contribution in [2.24, 2.45) is 11.7 Å². The first-order valence-electron chi connectivity index (χ1n) is 6.38. The number of piperidine rings is 1. The van der Waals surface area contributed by atoms with Gasteiger partial charge in [-0.15, -0.1) is 0 Å². The molecule has 0 bridgehead atoms. The molecule has 1 heterocycles. The van der Waals surface area contributed by atoms with Crippen molar-refractivity contribution in [1.29, 1.82) is 0 Å². The Morgan fingerprint density at radius 2 is 2.17 bits per heavy atom. The van der Waals surface area contributed by atoms with Crippen molar-refractivity contribution in [3.63, 3.8) is 0 Å². The summed E-state index contributed by atoms with van der Waals surface area (Å²) in [4.78, 5) is 13.6. The molecular formula is C14H20N2O2. The summed E-state index contributed by atoms with van der Waals surface area (Å²) in [5.41, 5.74) is 6.96. The molecule has 2 N–H and O–H groups in total. The number of hydrogen-bond acceptors (Lipinski definition) is 3. The van der Waals surface area contributed by atoms with E-state index in [1.54, 1.807) is 4.90 Å². The zero-order valence-electron chi connectivity index (χ0n) is 10.7. The van der Waals surface area contributed by atoms with Gasteiger partial charge in [-0.2, -0.15) is 0 Å². The Bertz CT molecular complexity index is 394. The third kappa shape index (κ3) is 3.23. The number of carbonyl (C=O) groups excluding carboxylic acids is 1. The number of nitrogens with zero attached hydrogens (tertiary/aromatic N) is 1. The second kappa shape index (κ2) is 5.87. The van der Waals surface area contributed by atoms with Crippen LogP contribution in [-0.2, 0) is 11.3 Å². The molecule has 1 fully saturated rings. The van der Waals surface area contributed by atoms with E-state index in [4.69, 9.17) is 10.5 Å². The van der Waals surface area contributed by atoms with Crippen molar-refractivity contribution in [2.45, 2.75) is 26.0 Å². The highest BCUT2D eigenvalue weighted by Gasteiger charge is 2.27. The number of carbonyl (C=O) groups is 1. The zero-order chi connectivity index (χ0) is 13.0. The highest BCUT2D eigenvalue weighted by molar-refractivity contribution is 5.67. The molecule has 2 atom stereocenters. The molecule has 18 heavy (non-hydrogen) atoms. The fourth-order valence-corrected chi connectivity index (χ4v) is 2.08. The van der Waals surface area contributed by atoms with E-state index in [-0.39, 0.29) is 12.1 Å². The minimum absolute atomic E-state index is 0.0584. The van der Waals surface area contributed by atoms with Crippen molar-refractivity contribution in [3.8, 4) is 0 Å². The van der Waals surface area contributed by atoms with Gasteiger partial charge in [0.1, 0.15) is 6.61 Å². The summed E-state index contributed by atoms with van der Waals surface area (Å²) in [5, 5.41) is 0. The molecule has 2 unspecified atom stereocenters. The van der Waals surface area contributed by atoms with Crippen molar-refractivity contribution < 1.29 is 9.53 Å². The van der Waals surface area contributed by atoms with Crippen molar-refractivity contribution in [2.75, 3.05) is 13.1 Å². The third-order valence-corrected chi connectivity index (χ3v) is 3.48. The molecule has 0 aliphatic carbocycles. The van der Waals surface area contributed by atoms with Gasteiger partial charge in [-0.05, 0) is 17.9 Å². The van der Waals surface area contributed by atoms with Crippen molar-refractivity contribution >= 4 is 6.09 Å². The Balaban J connectivity index is 1.82. The third-order valence-electron chi connectivity index (χ3n) is 3.48. The van der Waals surface area contributed by atoms with Gasteiger partial charge in [-0.3, -0.25) is 0 Å². The summed E-state index contributed by atoms with van der Waals surface area (Å²) in [6.45, 7) is 3.77. The van der Waals surface area contributed by atoms with Crippen LogP contribution in [0.25, 0.3) is 0 Å². The number of hydrogen-bond donors (Lipinski definition) is 1. The maximum atomic E-state index is 11.9. The van der Waals surface area contributed by atoms with Crippen LogP contribution in [0, 0.1) is 5.92 Å². The van der Waals surface area contributed by atoms with E-state index < -0.39 is 0 Å². The molecule has 1 aliphatic heterocycles. The Morgan fingerprint density at radius 1 is 1.44 bits per heavy atom. The fourth-order valence-electron chi connectivity index (χ4n) is 2.08. The predicted molar refractivity (Wildman–Crippen MR) is 70.0 cm³/mol. The molecule has 1 aromatic rings. The van der Waals surface area contributed by atoms with Crippen LogP contribution >= 0.6 is 0 Å². The molecule has 1 amide bonds. The monoisotopic (exact) mass is 248 g/mol. The lowest BCUT2D eigenvalue weighted by molar-refractivity contribution is 0.0787. The smallest absolute Gasteiger partial charge is 0.410 e. The summed E-state index contributed by atoms with van der Waals surface area (Å²) in [7, 11) is 0. The van der Waals surface area contributed by atoms with E-state index in [1.165, 1.54) is 0 Å². The van der Waals surface area contributed by atoms with Crippen LogP contribution in [0.4, 0.5) is 4.79 Å². The molecule has 4 nitrogen and oxygen atoms in total. The number of likely N-dealkylation sites (tertiary alicyclic amines) is 1. The molecular weight excluding hydrogens is 228 g/mol. The van der Waals surface area contributed by atoms with Gasteiger partial charge in [0.2, 0.25) is 0 Å². The first kappa shape index (κ1) is 12.9. The van der Waals surface area contributed by atoms with E-state index in [1.807, 2.05) is 30.3 Å². The first-order chi connectivity index (χ1) is 8.66. The molecule has 1 aromatic carbocycles. The molecule has 0 spiro atoms. The molecule has 0 aromatic heterocycles. The molecule has 0 saturated carbocycles. The van der Waals surface area contributed by atoms with Crippen LogP contribution < -0.4 is 5.73 Å². The standard InChI is InChI=1S/C14H20N2O2/c1-11-7-8-16(9-13(11)15)14(17)18-10-12-5-3-2-4-6-12/h2-6,11,13H,7-10,15H2,1H3. The van der Waals surface area contributed by atoms with Crippen molar-refractivity contribution in [1.82, 2.24) is 4.90 Å². The average molecular weight is 248 g/mol. The second-order valence-electron chi connectivity index (χ2n) is 4.92. The predicted octanol–water partition coefficient (Wildman–Crippen LogP) is 1.99. The number of benzene rings is 1. The van der Waals surface area contributed by atoms with Gasteiger partial charge < -0.3 is 15.4 Å². The number of nitrogens with two attached hydrogens (primary N) is 1. The van der Waals surface area contributed by atoms with E-state index in [9.17, 15) is 4.79 Å². The van der Waals surface area contributed by atoms with Gasteiger partial charge in [0, 0.05) is 19.1 Å². The summed E-state index contributed by atoms with van der Waals surface area (Å²) in [5.74, 6) is 0.475. The largest absolute Gasteiger partial charge is 0.445 e. The first-order valence-corrected chi connectivity index (χ1v) is 6.38. The van der Waals surface area contributed by atoms with Crippen LogP contribution in [0.5, 0.6) is 0 Å². The topological polar surface area (TPSA) is 55.6 Å². The van der Waals surface area contributed by atoms with Crippen LogP contribution in [-0.4, -0.2) is 30.1 Å². The van der Waals surface area contributed by atoms with Gasteiger partial charge >= 0.3 is 6.09 Å². The van der Waals surface area contributed by atoms with Gasteiger partial charge in [-0.25, -0.2) is 4.79 Å². The number of rotatable bonds is 2. The summed E-state index contributed by atoms with van der Waals surface area (Å²) in [6, 6.07) is 9.75. The highest BCUT2D eigenvalue weighted by Crippen LogP contribution is 2.16. The SMILES string of the molecule is CC1CCN(C(=O)OCc2ccccc2)CC1N. The highest BCUT2D eigenvalue weighted by atomic mass is 16.6. The van der Waals surface area contributed by atoms with E-state index in [2.05, 4.69) is 6.92 Å². The lowest BCUT2D eigenvalue weighted by Crippen LogP contribution is -2.49. The van der Waals surface area contributed by atoms with Crippen LogP contribution in [0.3, 0.4) is 0 Å². The molecule has 4 heteroatoms. The van der Waals surface area contributed by atoms with Crippen LogP contribution in [0.15, 0.2) is 30.3 Å². The summed E-state index contributed by atoms with van der Waals surface area (Å²) < 4.78 is 5.28. The van der Waals surface area contributed by atoms with E-state index in [0.717, 1.165) is 18.5 Å². The lowest BCUT2D eigenvalue weighted by Gasteiger charge is -2.34. The van der Waals surface area contributed by atoms with Crippen molar-refractivity contribution in [3.05, 3.63) is 35.9 Å². The van der Waals surface area contributed by atoms with Gasteiger partial charge in [0.25, 0.3) is 0 Å². The van der Waals surface area contributed by atoms with E-state index >= 15 is 0 Å². The lowest BCUT2D eigenvalue weighted by atomic mass is 9.95. The molecule has 98 valence electrons. The van der Waals surface area contributed by atoms with E-state index in [0.29, 0.717) is 19.1 Å². The second-order valence-corrected chi connectivity index (χ2v) is 4.92. The maximum Gasteiger partial charge on any atom is 0.410 e. The Hall–Kier alpha value is -1.55. The van der Waals surface area contributed by atoms with Gasteiger partial charge in [0.05, 0.1) is 0 Å². The zero-order valence-corrected chi connectivity index (χ0v) is 10.7. The molecule has 1 saturated heterocycles. The summed E-state index contributed by atoms with van der Waals surface area (Å²) >= 11 is 0. The Morgan fingerprint density at radius 3 is 2.83 bits per heavy atom. The van der Waals surface area contributed by atoms with Gasteiger partial charge in [0.15, 0.2) is 0 Å². The maximum absolute atomic E-state index is 11.9. The van der Waals surface area contributed by atoms with Crippen LogP contribution in [0.2, 0.25) is 0 Å². The Labute approximate surface area is 108 Å². The molecule has 1 aliphatic rings. The number of amides is 1. The normalized spacial score (nSPS) is 23.8. The Kier molecular flexibility index (Phi) is 4.20. The minimum atomic E-state index is -0.263. The van der Waals surface area contributed by atoms with Crippen LogP contribution in [0.1, 0.15) is 18.9 Å². The average Bonchev–Trinajstić information content (AvgIpc) is 2.40. The fraction of sp³-hybridized carbons (Fsp3) is 0.500. The molecule has 0 radical (unpaired) electrons. The summed E-state index contributed by atoms with van der Waals surface area (Å²) in [6.07, 6.45) is 0.683. The minimum Gasteiger partial charge on any atom is -0.445 e. The molecule has 2 rings (SSSR count). The number of ether oxygens (including phenoxy) is 1. The quantitative estimate of drug-likeness (QED) is 0.870. The van der Waals surface area contributed by atoms with Gasteiger partial charge in [-0.1, -0.05) is 37.3 Å².